The maximum Gasteiger partial charge on any atom is 0.335 e. The van der Waals surface area contributed by atoms with Crippen LogP contribution in [0.1, 0.15) is 44.9 Å². The third-order valence-corrected chi connectivity index (χ3v) is 9.96. The Morgan fingerprint density at radius 1 is 0.925 bits per heavy atom. The number of nitrogens with one attached hydrogen (secondary N) is 6. The van der Waals surface area contributed by atoms with Crippen LogP contribution in [0.15, 0.2) is 0 Å². The van der Waals surface area contributed by atoms with Crippen molar-refractivity contribution in [1.82, 2.24) is 32.2 Å². The van der Waals surface area contributed by atoms with Gasteiger partial charge in [0.1, 0.15) is 6.61 Å². The average molecular weight is 607 g/mol. The van der Waals surface area contributed by atoms with Gasteiger partial charge >= 0.3 is 18.0 Å². The van der Waals surface area contributed by atoms with Gasteiger partial charge in [0.25, 0.3) is 5.91 Å². The van der Waals surface area contributed by atoms with Crippen LogP contribution in [0.5, 0.6) is 0 Å². The van der Waals surface area contributed by atoms with Gasteiger partial charge in [0.05, 0.1) is 24.2 Å². The van der Waals surface area contributed by atoms with Crippen LogP contribution in [0.3, 0.4) is 0 Å². The molecular formula is C22H38N8O8S2. The number of carbonyl (C=O) groups is 5. The molecule has 0 aromatic carbocycles. The molecule has 6 amide bonds. The SMILES string of the molecule is NNC(=O)CCCC[C@@H]1SC[C@@H]2NC(=O)N[C@@H]21.NOCC(=O)NOC(CCC[C@@H]1SC[C@@H]2NC(=O)N[C@@H]21)C(=O)O. The van der Waals surface area contributed by atoms with E-state index in [1.165, 1.54) is 0 Å². The zero-order chi connectivity index (χ0) is 29.1. The summed E-state index contributed by atoms with van der Waals surface area (Å²) in [4.78, 5) is 64.6. The van der Waals surface area contributed by atoms with E-state index in [0.717, 1.165) is 37.2 Å². The molecule has 0 saturated carbocycles. The fraction of sp³-hybridized carbons (Fsp3) is 0.773. The van der Waals surface area contributed by atoms with E-state index in [1.807, 2.05) is 17.2 Å². The number of carboxylic acids is 1. The lowest BCUT2D eigenvalue weighted by Gasteiger charge is -2.18. The van der Waals surface area contributed by atoms with Crippen LogP contribution in [0.4, 0.5) is 9.59 Å². The zero-order valence-corrected chi connectivity index (χ0v) is 23.5. The predicted molar refractivity (Wildman–Crippen MR) is 146 cm³/mol. The molecule has 7 atom stereocenters. The molecule has 40 heavy (non-hydrogen) atoms. The minimum atomic E-state index is -1.16. The molecule has 16 nitrogen and oxygen atoms in total. The highest BCUT2D eigenvalue weighted by molar-refractivity contribution is 8.00. The number of amides is 6. The molecule has 1 unspecified atom stereocenters. The maximum absolute atomic E-state index is 11.3. The first-order valence-electron chi connectivity index (χ1n) is 13.1. The Morgan fingerprint density at radius 2 is 1.50 bits per heavy atom. The van der Waals surface area contributed by atoms with Crippen LogP contribution in [-0.2, 0) is 24.1 Å². The first kappa shape index (κ1) is 32.0. The van der Waals surface area contributed by atoms with Crippen molar-refractivity contribution >= 4 is 53.4 Å². The Balaban J connectivity index is 0.000000230. The van der Waals surface area contributed by atoms with E-state index in [9.17, 15) is 24.0 Å². The van der Waals surface area contributed by atoms with Crippen molar-refractivity contribution in [3.05, 3.63) is 0 Å². The van der Waals surface area contributed by atoms with Crippen LogP contribution in [-0.4, -0.2) is 93.8 Å². The van der Waals surface area contributed by atoms with Crippen molar-refractivity contribution < 1.29 is 38.8 Å². The molecule has 4 aliphatic heterocycles. The highest BCUT2D eigenvalue weighted by Crippen LogP contribution is 2.34. The molecule has 4 fully saturated rings. The predicted octanol–water partition coefficient (Wildman–Crippen LogP) is -1.58. The summed E-state index contributed by atoms with van der Waals surface area (Å²) in [6.45, 7) is -0.416. The first-order chi connectivity index (χ1) is 19.2. The summed E-state index contributed by atoms with van der Waals surface area (Å²) in [5.74, 6) is 9.63. The number of hydrazine groups is 1. The fourth-order valence-electron chi connectivity index (χ4n) is 4.97. The normalized spacial score (nSPS) is 28.6. The van der Waals surface area contributed by atoms with Crippen LogP contribution in [0.2, 0.25) is 0 Å². The number of fused-ring (bicyclic) bond motifs is 2. The molecule has 4 aliphatic rings. The van der Waals surface area contributed by atoms with Gasteiger partial charge in [-0.05, 0) is 32.1 Å². The van der Waals surface area contributed by atoms with E-state index in [0.29, 0.717) is 18.1 Å². The Morgan fingerprint density at radius 3 is 2.02 bits per heavy atom. The number of urea groups is 2. The molecule has 0 aromatic heterocycles. The summed E-state index contributed by atoms with van der Waals surface area (Å²) >= 11 is 3.65. The lowest BCUT2D eigenvalue weighted by atomic mass is 10.0. The highest BCUT2D eigenvalue weighted by atomic mass is 32.2. The lowest BCUT2D eigenvalue weighted by molar-refractivity contribution is -0.162. The largest absolute Gasteiger partial charge is 0.479 e. The van der Waals surface area contributed by atoms with Gasteiger partial charge < -0.3 is 26.4 Å². The van der Waals surface area contributed by atoms with Crippen LogP contribution in [0.25, 0.3) is 0 Å². The minimum Gasteiger partial charge on any atom is -0.479 e. The van der Waals surface area contributed by atoms with Gasteiger partial charge in [-0.2, -0.15) is 23.5 Å². The number of unbranched alkanes of at least 4 members (excludes halogenated alkanes) is 1. The van der Waals surface area contributed by atoms with E-state index >= 15 is 0 Å². The molecular weight excluding hydrogens is 568 g/mol. The van der Waals surface area contributed by atoms with E-state index < -0.39 is 24.6 Å². The number of thioether (sulfide) groups is 2. The van der Waals surface area contributed by atoms with E-state index in [2.05, 4.69) is 31.5 Å². The molecule has 18 heteroatoms. The monoisotopic (exact) mass is 606 g/mol. The highest BCUT2D eigenvalue weighted by Gasteiger charge is 2.43. The summed E-state index contributed by atoms with van der Waals surface area (Å²) in [5, 5.41) is 21.4. The van der Waals surface area contributed by atoms with E-state index in [1.54, 1.807) is 11.8 Å². The number of rotatable bonds is 14. The Hall–Kier alpha value is -2.51. The number of hydroxylamine groups is 1. The molecule has 4 saturated heterocycles. The van der Waals surface area contributed by atoms with Crippen molar-refractivity contribution in [1.29, 1.82) is 0 Å². The van der Waals surface area contributed by atoms with Crippen LogP contribution in [0, 0.1) is 0 Å². The van der Waals surface area contributed by atoms with Gasteiger partial charge in [-0.3, -0.25) is 24.7 Å². The van der Waals surface area contributed by atoms with Gasteiger partial charge in [-0.25, -0.2) is 31.6 Å². The molecule has 0 spiro atoms. The second kappa shape index (κ2) is 16.1. The second-order valence-corrected chi connectivity index (χ2v) is 12.3. The summed E-state index contributed by atoms with van der Waals surface area (Å²) in [7, 11) is 0. The fourth-order valence-corrected chi connectivity index (χ4v) is 8.06. The van der Waals surface area contributed by atoms with Crippen molar-refractivity contribution in [3.63, 3.8) is 0 Å². The average Bonchev–Trinajstić information content (AvgIpc) is 3.66. The van der Waals surface area contributed by atoms with Crippen LogP contribution < -0.4 is 43.9 Å². The summed E-state index contributed by atoms with van der Waals surface area (Å²) < 4.78 is 0. The van der Waals surface area contributed by atoms with Crippen molar-refractivity contribution in [2.24, 2.45) is 11.7 Å². The Bertz CT molecular complexity index is 918. The summed E-state index contributed by atoms with van der Waals surface area (Å²) in [5.41, 5.74) is 4.11. The van der Waals surface area contributed by atoms with E-state index in [4.69, 9.17) is 21.7 Å². The second-order valence-electron chi connectivity index (χ2n) is 9.77. The molecule has 226 valence electrons. The standard InChI is InChI=1S/C12H20N4O6S.C10H18N4O2S/c13-21-4-9(17)16-22-7(11(18)19)2-1-3-8-10-6(5-23-8)14-12(20)15-10;11-14-8(15)4-2-1-3-7-9-6(5-17-7)12-10(16)13-9/h6-8,10H,1-5,13H2,(H,16,17)(H,18,19)(H2,14,15,20);6-7,9H,1-5,11H2,(H,14,15)(H2,12,13,16)/t6-,7?,8-,10-;6-,7-,9-/m00/s1. The number of hydrogen-bond acceptors (Lipinski definition) is 11. The third-order valence-electron chi connectivity index (χ3n) is 6.94. The van der Waals surface area contributed by atoms with Crippen LogP contribution >= 0.6 is 23.5 Å². The number of hydrogen-bond donors (Lipinski definition) is 9. The molecule has 4 rings (SSSR count). The van der Waals surface area contributed by atoms with E-state index in [-0.39, 0.29) is 53.8 Å². The molecule has 0 bridgehead atoms. The molecule has 11 N–H and O–H groups in total. The Labute approximate surface area is 239 Å². The van der Waals surface area contributed by atoms with Gasteiger partial charge in [-0.1, -0.05) is 6.42 Å². The molecule has 4 heterocycles. The number of nitrogens with two attached hydrogens (primary N) is 2. The number of carbonyl (C=O) groups excluding carboxylic acids is 4. The first-order valence-corrected chi connectivity index (χ1v) is 15.2. The zero-order valence-electron chi connectivity index (χ0n) is 21.9. The summed E-state index contributed by atoms with van der Waals surface area (Å²) in [6.07, 6.45) is 3.80. The van der Waals surface area contributed by atoms with Gasteiger partial charge in [-0.15, -0.1) is 0 Å². The topological polar surface area (TPSA) is 248 Å². The van der Waals surface area contributed by atoms with Crippen molar-refractivity contribution in [2.45, 2.75) is 85.7 Å². The number of aliphatic carboxylic acids is 1. The quantitative estimate of drug-likeness (QED) is 0.0357. The minimum absolute atomic E-state index is 0.0483. The Kier molecular flexibility index (Phi) is 12.9. The van der Waals surface area contributed by atoms with Crippen molar-refractivity contribution in [3.8, 4) is 0 Å². The maximum atomic E-state index is 11.3. The van der Waals surface area contributed by atoms with Gasteiger partial charge in [0.2, 0.25) is 5.91 Å². The smallest absolute Gasteiger partial charge is 0.335 e. The van der Waals surface area contributed by atoms with Gasteiger partial charge in [0.15, 0.2) is 6.10 Å². The van der Waals surface area contributed by atoms with Gasteiger partial charge in [0, 0.05) is 28.4 Å². The molecule has 0 aliphatic carbocycles. The summed E-state index contributed by atoms with van der Waals surface area (Å²) in [6, 6.07) is 0.563. The molecule has 0 radical (unpaired) electrons. The lowest BCUT2D eigenvalue weighted by Crippen LogP contribution is -2.38. The van der Waals surface area contributed by atoms with Crippen molar-refractivity contribution in [2.75, 3.05) is 18.1 Å². The number of carboxylic acid groups (broad SMARTS) is 1. The molecule has 0 aromatic rings. The third kappa shape index (κ3) is 9.55.